The number of carbonyl (C=O) groups is 6. The number of nitrogens with zero attached hydrogens (tertiary/aromatic N) is 3. The number of esters is 1. The molecule has 4 amide bonds. The van der Waals surface area contributed by atoms with Crippen LogP contribution in [0.25, 0.3) is 0 Å². The van der Waals surface area contributed by atoms with E-state index in [-0.39, 0.29) is 61.6 Å². The second kappa shape index (κ2) is 39.6. The third kappa shape index (κ3) is 21.7. The quantitative estimate of drug-likeness (QED) is 0.0285. The molecule has 0 radical (unpaired) electrons. The number of ether oxygens (including phenoxy) is 1. The molecule has 14 rings (SSSR count). The van der Waals surface area contributed by atoms with Gasteiger partial charge in [-0.2, -0.15) is 26.3 Å². The van der Waals surface area contributed by atoms with Crippen LogP contribution in [0.2, 0.25) is 0 Å². The lowest BCUT2D eigenvalue weighted by Gasteiger charge is -2.41. The number of benzene rings is 8. The van der Waals surface area contributed by atoms with Crippen LogP contribution in [0.5, 0.6) is 0 Å². The van der Waals surface area contributed by atoms with Gasteiger partial charge in [0.25, 0.3) is 17.7 Å². The third-order valence-corrected chi connectivity index (χ3v) is 22.5. The summed E-state index contributed by atoms with van der Waals surface area (Å²) in [5.74, 6) is -10.1. The Balaban J connectivity index is 0.000000180. The number of anilines is 5. The maximum absolute atomic E-state index is 15.2. The highest BCUT2D eigenvalue weighted by Gasteiger charge is 2.45. The monoisotopic (exact) mass is 1650 g/mol. The maximum Gasteiger partial charge on any atom is 0.416 e. The number of aliphatic carboxylic acids is 1. The second-order valence-corrected chi connectivity index (χ2v) is 30.4. The summed E-state index contributed by atoms with van der Waals surface area (Å²) in [5, 5.41) is 22.9. The minimum Gasteiger partial charge on any atom is -0.481 e. The number of rotatable bonds is 17. The fourth-order valence-corrected chi connectivity index (χ4v) is 16.7. The highest BCUT2D eigenvalue weighted by atomic mass is 19.4. The van der Waals surface area contributed by atoms with Crippen molar-refractivity contribution in [2.45, 2.75) is 205 Å². The summed E-state index contributed by atoms with van der Waals surface area (Å²) in [6, 6.07) is 36.2. The van der Waals surface area contributed by atoms with Gasteiger partial charge in [0.1, 0.15) is 17.5 Å². The second-order valence-electron chi connectivity index (χ2n) is 30.4. The number of aryl methyl sites for hydroxylation is 5. The number of nitrogens with two attached hydrogens (primary N) is 1. The molecule has 3 heterocycles. The summed E-state index contributed by atoms with van der Waals surface area (Å²) in [6.07, 6.45) is 6.14. The van der Waals surface area contributed by atoms with E-state index in [9.17, 15) is 69.0 Å². The molecule has 3 saturated heterocycles. The molecule has 6 aliphatic rings. The first kappa shape index (κ1) is 69.1. The highest BCUT2D eigenvalue weighted by Crippen LogP contribution is 2.44. The van der Waals surface area contributed by atoms with Crippen molar-refractivity contribution in [3.63, 3.8) is 0 Å². The zero-order chi connectivity index (χ0) is 97.2. The summed E-state index contributed by atoms with van der Waals surface area (Å²) in [7, 11) is 0. The van der Waals surface area contributed by atoms with Crippen molar-refractivity contribution in [3.8, 4) is 0 Å². The van der Waals surface area contributed by atoms with Crippen LogP contribution < -0.4 is 27.0 Å². The number of alkyl halides is 6. The van der Waals surface area contributed by atoms with E-state index in [2.05, 4.69) is 21.3 Å². The van der Waals surface area contributed by atoms with Gasteiger partial charge < -0.3 is 51.5 Å². The van der Waals surface area contributed by atoms with Gasteiger partial charge >= 0.3 is 24.3 Å². The number of nitrogen functional groups attached to an aromatic ring is 1. The van der Waals surface area contributed by atoms with Gasteiger partial charge in [-0.3, -0.25) is 28.8 Å². The Morgan fingerprint density at radius 3 is 1.11 bits per heavy atom. The molecule has 6 fully saturated rings. The van der Waals surface area contributed by atoms with Crippen LogP contribution in [0.15, 0.2) is 164 Å². The first-order valence-corrected chi connectivity index (χ1v) is 39.7. The van der Waals surface area contributed by atoms with Crippen molar-refractivity contribution in [3.05, 3.63) is 254 Å². The Morgan fingerprint density at radius 2 is 0.754 bits per heavy atom. The van der Waals surface area contributed by atoms with Gasteiger partial charge in [0.05, 0.1) is 70.3 Å². The number of amides is 4. The van der Waals surface area contributed by atoms with Crippen LogP contribution in [0.1, 0.15) is 248 Å². The molecule has 8 aromatic carbocycles. The minimum absolute atomic E-state index is 0.0512. The van der Waals surface area contributed by atoms with Gasteiger partial charge in [0.15, 0.2) is 0 Å². The van der Waals surface area contributed by atoms with Crippen molar-refractivity contribution >= 4 is 64.0 Å². The van der Waals surface area contributed by atoms with Crippen molar-refractivity contribution in [2.24, 2.45) is 17.8 Å². The predicted octanol–water partition coefficient (Wildman–Crippen LogP) is 21.5. The normalized spacial score (nSPS) is 22.2. The summed E-state index contributed by atoms with van der Waals surface area (Å²) < 4.78 is 243. The molecular weight excluding hydrogens is 1530 g/mol. The average Bonchev–Trinajstić information content (AvgIpc) is 1.78. The van der Waals surface area contributed by atoms with Crippen LogP contribution in [-0.2, 0) is 31.5 Å². The van der Waals surface area contributed by atoms with Gasteiger partial charge in [0, 0.05) is 86.8 Å². The molecule has 0 spiro atoms. The molecule has 3 saturated carbocycles. The summed E-state index contributed by atoms with van der Waals surface area (Å²) in [4.78, 5) is 84.4. The van der Waals surface area contributed by atoms with E-state index in [1.165, 1.54) is 70.7 Å². The molecule has 0 unspecified atom stereocenters. The van der Waals surface area contributed by atoms with Crippen LogP contribution in [-0.4, -0.2) is 99.7 Å². The molecule has 6 atom stereocenters. The molecule has 16 nitrogen and oxygen atoms in total. The average molecular weight is 1650 g/mol. The number of hydrogen-bond acceptors (Lipinski definition) is 11. The molecule has 8 aromatic rings. The molecule has 3 aliphatic carbocycles. The zero-order valence-corrected chi connectivity index (χ0v) is 65.0. The SMILES string of the molecule is [2H]C([2H])([2H])c1ccc(N)cc1C(F)(F)F.[2H]C([2H])([2H])c1ccc(NC(=O)[C@H]2CCCN(C(=O)c3c(F)cccc3C([2H])([2H])[2H])[C@H]2c2ccc(NC3CCCC3)cc2)cc1C(F)(F)F.[2H]C([2H])([2H])c1cccc(F)c1C(=O)N1CCC[C@H](C(=O)O)[C@@H]1c1ccc(NC2CCCC2)cc1.[2H]C([2H])([2H])c1cccc(F)c1C(=O)N1CCC[C@H](C(=O)OCC)[C@@H]1c1ccc(NC2CCCC2)cc1. The molecule has 118 heavy (non-hydrogen) atoms. The summed E-state index contributed by atoms with van der Waals surface area (Å²) in [5.41, 5.74) is 2.24. The number of carboxylic acids is 1. The third-order valence-electron chi connectivity index (χ3n) is 22.5. The van der Waals surface area contributed by atoms with Crippen LogP contribution in [0.4, 0.5) is 68.0 Å². The largest absolute Gasteiger partial charge is 0.481 e. The molecule has 25 heteroatoms. The van der Waals surface area contributed by atoms with Gasteiger partial charge in [-0.25, -0.2) is 13.2 Å². The van der Waals surface area contributed by atoms with Gasteiger partial charge in [-0.1, -0.05) is 123 Å². The van der Waals surface area contributed by atoms with E-state index in [1.54, 1.807) is 43.3 Å². The standard InChI is InChI=1S/C33H35F4N3O2.C27H33FN2O3.C25H29FN2O3.C8H8F3N/c1-20-12-15-25(19-27(20)33(35,36)37)39-31(41)26-10-6-18-40(32(42)29-21(2)7-5-11-28(29)34)30(26)22-13-16-24(17-14-22)38-23-8-3-4-9-23;1-3-33-27(32)22-11-7-17-30(26(31)24-18(2)8-6-12-23(24)28)25(22)19-13-15-21(16-14-19)29-20-9-4-5-10-20;1-16-6-4-10-21(26)22(16)24(29)28-15-5-9-20(25(30)31)23(28)17-11-13-19(14-12-17)27-18-7-2-3-8-18;1-5-2-3-6(12)4-7(5)8(9,10)11/h5,7,11-17,19,23,26,30,38H,3-4,6,8-10,18H2,1-2H3,(H,39,41);6,8,12-16,20,22,25,29H,3-5,7,9-11,17H2,1-2H3;4,6,10-14,18,20,23,27H,2-3,5,7-9,15H2,1H3,(H,30,31);2-4H,12H2,1H3/t26-,30-;22-,25-;20-,23-;/m000./s1/i1D3,2D3;2D3;2*1D3. The summed E-state index contributed by atoms with van der Waals surface area (Å²) in [6.45, 7) is -11.5. The Morgan fingerprint density at radius 1 is 0.424 bits per heavy atom. The Bertz CT molecular complexity index is 5420. The lowest BCUT2D eigenvalue weighted by Crippen LogP contribution is -2.46. The number of piperidine rings is 3. The smallest absolute Gasteiger partial charge is 0.416 e. The molecule has 0 aromatic heterocycles. The van der Waals surface area contributed by atoms with E-state index in [1.807, 2.05) is 36.4 Å². The Kier molecular flexibility index (Phi) is 23.2. The number of hydrogen-bond donors (Lipinski definition) is 6. The minimum atomic E-state index is -5.02. The maximum atomic E-state index is 15.2. The fraction of sp³-hybridized carbons (Fsp3) is 0.419. The van der Waals surface area contributed by atoms with Crippen molar-refractivity contribution in [1.82, 2.24) is 14.7 Å². The van der Waals surface area contributed by atoms with Gasteiger partial charge in [0.2, 0.25) is 5.91 Å². The number of halogens is 9. The van der Waals surface area contributed by atoms with Crippen LogP contribution in [0.3, 0.4) is 0 Å². The van der Waals surface area contributed by atoms with E-state index in [4.69, 9.17) is 31.0 Å². The first-order valence-electron chi connectivity index (χ1n) is 47.2. The lowest BCUT2D eigenvalue weighted by molar-refractivity contribution is -0.152. The zero-order valence-electron chi connectivity index (χ0n) is 80.0. The number of nitrogens with one attached hydrogen (secondary N) is 4. The van der Waals surface area contributed by atoms with E-state index >= 15 is 4.39 Å². The highest BCUT2D eigenvalue weighted by molar-refractivity contribution is 5.99. The lowest BCUT2D eigenvalue weighted by atomic mass is 9.83. The number of carboxylic acid groups (broad SMARTS) is 1. The van der Waals surface area contributed by atoms with Gasteiger partial charge in [-0.15, -0.1) is 0 Å². The van der Waals surface area contributed by atoms with E-state index in [0.29, 0.717) is 67.1 Å². The van der Waals surface area contributed by atoms with Crippen molar-refractivity contribution in [1.29, 1.82) is 0 Å². The Hall–Kier alpha value is -10.9. The van der Waals surface area contributed by atoms with Gasteiger partial charge in [-0.05, 0) is 242 Å². The Labute approximate surface area is 704 Å². The van der Waals surface area contributed by atoms with Crippen LogP contribution in [0, 0.1) is 69.5 Å². The molecule has 628 valence electrons. The molecular formula is C93H105F9N8O8. The molecule has 7 N–H and O–H groups in total. The number of carbonyl (C=O) groups excluding carboxylic acids is 5. The van der Waals surface area contributed by atoms with Crippen molar-refractivity contribution < 1.29 is 98.7 Å². The topological polar surface area (TPSA) is 216 Å². The first-order chi connectivity index (χ1) is 62.4. The van der Waals surface area contributed by atoms with Crippen LogP contribution >= 0.6 is 0 Å². The van der Waals surface area contributed by atoms with Crippen molar-refractivity contribution in [2.75, 3.05) is 53.2 Å². The van der Waals surface area contributed by atoms with E-state index in [0.717, 1.165) is 123 Å². The number of likely N-dealkylation sites (tertiary alicyclic amines) is 3. The van der Waals surface area contributed by atoms with E-state index < -0.39 is 180 Å². The predicted molar refractivity (Wildman–Crippen MR) is 440 cm³/mol. The molecule has 0 bridgehead atoms. The fourth-order valence-electron chi connectivity index (χ4n) is 16.7. The molecule has 3 aliphatic heterocycles. The summed E-state index contributed by atoms with van der Waals surface area (Å²) >= 11 is 0.